The van der Waals surface area contributed by atoms with Gasteiger partial charge in [0.15, 0.2) is 5.96 Å². The zero-order valence-electron chi connectivity index (χ0n) is 12.7. The zero-order valence-corrected chi connectivity index (χ0v) is 12.7. The molecule has 0 aromatic carbocycles. The van der Waals surface area contributed by atoms with Crippen LogP contribution in [0.5, 0.6) is 0 Å². The van der Waals surface area contributed by atoms with E-state index in [-0.39, 0.29) is 25.3 Å². The minimum Gasteiger partial charge on any atom is -0.480 e. The number of hydrogen-bond acceptors (Lipinski definition) is 6. The van der Waals surface area contributed by atoms with Crippen LogP contribution in [-0.2, 0) is 14.4 Å². The lowest BCUT2D eigenvalue weighted by Gasteiger charge is -2.29. The smallest absolute Gasteiger partial charge is 0.326 e. The third-order valence-corrected chi connectivity index (χ3v) is 2.78. The molecule has 0 aliphatic carbocycles. The minimum absolute atomic E-state index is 0.0109. The van der Waals surface area contributed by atoms with Gasteiger partial charge >= 0.3 is 5.97 Å². The molecular weight excluding hydrogens is 292 g/mol. The molecule has 0 bridgehead atoms. The summed E-state index contributed by atoms with van der Waals surface area (Å²) >= 11 is 0. The summed E-state index contributed by atoms with van der Waals surface area (Å²) < 4.78 is 0. The molecule has 10 heteroatoms. The molecule has 126 valence electrons. The van der Waals surface area contributed by atoms with Gasteiger partial charge in [-0.15, -0.1) is 0 Å². The summed E-state index contributed by atoms with van der Waals surface area (Å²) in [5.74, 6) is -3.04. The first-order chi connectivity index (χ1) is 10.1. The average Bonchev–Trinajstić information content (AvgIpc) is 2.40. The van der Waals surface area contributed by atoms with Crippen molar-refractivity contribution in [2.45, 2.75) is 44.8 Å². The van der Waals surface area contributed by atoms with Gasteiger partial charge in [0.1, 0.15) is 6.04 Å². The number of carbonyl (C=O) groups excluding carboxylic acids is 2. The number of nitrogens with two attached hydrogens (primary N) is 4. The first kappa shape index (κ1) is 19.8. The van der Waals surface area contributed by atoms with Gasteiger partial charge in [0.25, 0.3) is 0 Å². The van der Waals surface area contributed by atoms with Crippen LogP contribution < -0.4 is 22.9 Å². The first-order valence-corrected chi connectivity index (χ1v) is 6.75. The monoisotopic (exact) mass is 316 g/mol. The van der Waals surface area contributed by atoms with Crippen molar-refractivity contribution in [3.05, 3.63) is 0 Å². The largest absolute Gasteiger partial charge is 0.480 e. The number of rotatable bonds is 8. The molecule has 3 atom stereocenters. The second-order valence-electron chi connectivity index (χ2n) is 4.93. The molecule has 0 rings (SSSR count). The molecule has 0 spiro atoms. The Hall–Kier alpha value is -2.20. The van der Waals surface area contributed by atoms with Gasteiger partial charge in [0.2, 0.25) is 11.8 Å². The van der Waals surface area contributed by atoms with Crippen molar-refractivity contribution in [3.63, 3.8) is 0 Å². The van der Waals surface area contributed by atoms with Gasteiger partial charge in [0, 0.05) is 6.54 Å². The SMILES string of the molecule is C[C@H](N)C(=O)N(C(=O)[C@H](C)N)[C@@H](CCCN=C(N)N)C(=O)O. The molecule has 22 heavy (non-hydrogen) atoms. The number of guanidine groups is 1. The Morgan fingerprint density at radius 2 is 1.55 bits per heavy atom. The van der Waals surface area contributed by atoms with Crippen molar-refractivity contribution in [2.75, 3.05) is 6.54 Å². The van der Waals surface area contributed by atoms with E-state index in [9.17, 15) is 19.5 Å². The summed E-state index contributed by atoms with van der Waals surface area (Å²) in [6.07, 6.45) is 0.257. The lowest BCUT2D eigenvalue weighted by molar-refractivity contribution is -0.159. The Bertz CT molecular complexity index is 425. The molecule has 0 aliphatic heterocycles. The molecule has 0 aliphatic rings. The maximum absolute atomic E-state index is 12.1. The van der Waals surface area contributed by atoms with E-state index in [1.165, 1.54) is 13.8 Å². The number of amides is 2. The highest BCUT2D eigenvalue weighted by molar-refractivity contribution is 6.02. The predicted octanol–water partition coefficient (Wildman–Crippen LogP) is -2.46. The van der Waals surface area contributed by atoms with Crippen LogP contribution >= 0.6 is 0 Å². The van der Waals surface area contributed by atoms with E-state index < -0.39 is 35.9 Å². The number of carbonyl (C=O) groups is 3. The van der Waals surface area contributed by atoms with Gasteiger partial charge in [-0.25, -0.2) is 4.79 Å². The molecule has 0 saturated heterocycles. The Labute approximate surface area is 128 Å². The standard InChI is InChI=1S/C12H24N6O4/c1-6(13)9(19)18(10(20)7(2)14)8(11(21)22)4-3-5-17-12(15)16/h6-8H,3-5,13-14H2,1-2H3,(H,21,22)(H4,15,16,17)/t6-,7-,8-/m0/s1. The fourth-order valence-electron chi connectivity index (χ4n) is 1.71. The maximum atomic E-state index is 12.1. The van der Waals surface area contributed by atoms with Gasteiger partial charge in [-0.2, -0.15) is 0 Å². The second-order valence-corrected chi connectivity index (χ2v) is 4.93. The summed E-state index contributed by atoms with van der Waals surface area (Å²) in [5.41, 5.74) is 21.3. The number of carboxylic acid groups (broad SMARTS) is 1. The number of carboxylic acids is 1. The molecule has 9 N–H and O–H groups in total. The van der Waals surface area contributed by atoms with E-state index >= 15 is 0 Å². The number of nitrogens with zero attached hydrogens (tertiary/aromatic N) is 2. The molecule has 0 aromatic rings. The average molecular weight is 316 g/mol. The molecule has 0 aromatic heterocycles. The molecule has 0 radical (unpaired) electrons. The molecular formula is C12H24N6O4. The second kappa shape index (κ2) is 8.95. The lowest BCUT2D eigenvalue weighted by Crippen LogP contribution is -2.57. The molecule has 0 heterocycles. The Balaban J connectivity index is 5.23. The highest BCUT2D eigenvalue weighted by Crippen LogP contribution is 2.12. The van der Waals surface area contributed by atoms with E-state index in [0.29, 0.717) is 4.90 Å². The van der Waals surface area contributed by atoms with Crippen LogP contribution in [0.1, 0.15) is 26.7 Å². The van der Waals surface area contributed by atoms with E-state index in [4.69, 9.17) is 22.9 Å². The highest BCUT2D eigenvalue weighted by Gasteiger charge is 2.36. The zero-order chi connectivity index (χ0) is 17.4. The Morgan fingerprint density at radius 3 is 1.86 bits per heavy atom. The van der Waals surface area contributed by atoms with Crippen LogP contribution in [0.25, 0.3) is 0 Å². The number of hydrogen-bond donors (Lipinski definition) is 5. The van der Waals surface area contributed by atoms with Crippen LogP contribution in [0.15, 0.2) is 4.99 Å². The fraction of sp³-hybridized carbons (Fsp3) is 0.667. The quantitative estimate of drug-likeness (QED) is 0.185. The fourth-order valence-corrected chi connectivity index (χ4v) is 1.71. The molecule has 0 saturated carbocycles. The normalized spacial score (nSPS) is 14.5. The maximum Gasteiger partial charge on any atom is 0.326 e. The van der Waals surface area contributed by atoms with Gasteiger partial charge in [-0.05, 0) is 26.7 Å². The topological polar surface area (TPSA) is 191 Å². The van der Waals surface area contributed by atoms with Crippen LogP contribution in [0.4, 0.5) is 0 Å². The summed E-state index contributed by atoms with van der Waals surface area (Å²) in [5, 5.41) is 9.30. The Kier molecular flexibility index (Phi) is 8.05. The van der Waals surface area contributed by atoms with Crippen molar-refractivity contribution < 1.29 is 19.5 Å². The Morgan fingerprint density at radius 1 is 1.09 bits per heavy atom. The van der Waals surface area contributed by atoms with Gasteiger partial charge in [-0.1, -0.05) is 0 Å². The van der Waals surface area contributed by atoms with Gasteiger partial charge < -0.3 is 28.0 Å². The van der Waals surface area contributed by atoms with Crippen molar-refractivity contribution in [3.8, 4) is 0 Å². The molecule has 2 amide bonds. The third kappa shape index (κ3) is 6.06. The van der Waals surface area contributed by atoms with Crippen LogP contribution in [0.2, 0.25) is 0 Å². The first-order valence-electron chi connectivity index (χ1n) is 6.75. The van der Waals surface area contributed by atoms with E-state index in [0.717, 1.165) is 0 Å². The summed E-state index contributed by atoms with van der Waals surface area (Å²) in [6, 6.07) is -3.42. The van der Waals surface area contributed by atoms with Gasteiger partial charge in [-0.3, -0.25) is 19.5 Å². The van der Waals surface area contributed by atoms with Crippen molar-refractivity contribution in [2.24, 2.45) is 27.9 Å². The predicted molar refractivity (Wildman–Crippen MR) is 80.5 cm³/mol. The number of aliphatic carboxylic acids is 1. The lowest BCUT2D eigenvalue weighted by atomic mass is 10.1. The minimum atomic E-state index is -1.37. The van der Waals surface area contributed by atoms with Crippen molar-refractivity contribution >= 4 is 23.7 Å². The number of imide groups is 1. The van der Waals surface area contributed by atoms with Crippen LogP contribution in [-0.4, -0.2) is 58.4 Å². The highest BCUT2D eigenvalue weighted by atomic mass is 16.4. The summed E-state index contributed by atoms with van der Waals surface area (Å²) in [4.78, 5) is 39.9. The van der Waals surface area contributed by atoms with Gasteiger partial charge in [0.05, 0.1) is 12.1 Å². The van der Waals surface area contributed by atoms with Crippen LogP contribution in [0.3, 0.4) is 0 Å². The third-order valence-electron chi connectivity index (χ3n) is 2.78. The van der Waals surface area contributed by atoms with E-state index in [2.05, 4.69) is 4.99 Å². The molecule has 0 unspecified atom stereocenters. The van der Waals surface area contributed by atoms with Crippen molar-refractivity contribution in [1.29, 1.82) is 0 Å². The summed E-state index contributed by atoms with van der Waals surface area (Å²) in [6.45, 7) is 2.91. The van der Waals surface area contributed by atoms with Crippen LogP contribution in [0, 0.1) is 0 Å². The molecule has 0 fully saturated rings. The van der Waals surface area contributed by atoms with Crippen molar-refractivity contribution in [1.82, 2.24) is 4.90 Å². The van der Waals surface area contributed by atoms with E-state index in [1.54, 1.807) is 0 Å². The summed E-state index contributed by atoms with van der Waals surface area (Å²) in [7, 11) is 0. The van der Waals surface area contributed by atoms with E-state index in [1.807, 2.05) is 0 Å². The molecule has 10 nitrogen and oxygen atoms in total. The number of aliphatic imine (C=N–C) groups is 1.